The second-order valence-corrected chi connectivity index (χ2v) is 6.90. The normalized spacial score (nSPS) is 16.4. The van der Waals surface area contributed by atoms with Gasteiger partial charge in [-0.05, 0) is 53.0 Å². The number of benzene rings is 2. The maximum Gasteiger partial charge on any atom is 0.340 e. The Bertz CT molecular complexity index is 1050. The number of carbonyl (C=O) groups is 1. The van der Waals surface area contributed by atoms with Crippen molar-refractivity contribution in [2.24, 2.45) is 0 Å². The predicted molar refractivity (Wildman–Crippen MR) is 101 cm³/mol. The van der Waals surface area contributed by atoms with E-state index in [9.17, 15) is 9.59 Å². The predicted octanol–water partition coefficient (Wildman–Crippen LogP) is 4.43. The summed E-state index contributed by atoms with van der Waals surface area (Å²) >= 11 is 3.37. The van der Waals surface area contributed by atoms with Gasteiger partial charge in [0.25, 0.3) is 0 Å². The summed E-state index contributed by atoms with van der Waals surface area (Å²) in [6, 6.07) is 11.8. The molecule has 1 aliphatic rings. The van der Waals surface area contributed by atoms with Crippen LogP contribution in [-0.2, 0) is 9.53 Å². The average molecular weight is 431 g/mol. The Kier molecular flexibility index (Phi) is 4.96. The summed E-state index contributed by atoms with van der Waals surface area (Å²) in [6.07, 6.45) is 2.20. The lowest BCUT2D eigenvalue weighted by molar-refractivity contribution is -0.144. The molecule has 6 nitrogen and oxygen atoms in total. The first kappa shape index (κ1) is 17.8. The Hall–Kier alpha value is -2.64. The first-order valence-corrected chi connectivity index (χ1v) is 9.22. The number of carbonyl (C=O) groups excluding carboxylic acids is 1. The van der Waals surface area contributed by atoms with Crippen molar-refractivity contribution in [3.05, 3.63) is 63.4 Å². The highest BCUT2D eigenvalue weighted by Crippen LogP contribution is 2.29. The average Bonchev–Trinajstić information content (AvgIpc) is 3.21. The van der Waals surface area contributed by atoms with Crippen LogP contribution in [0.15, 0.2) is 62.4 Å². The summed E-state index contributed by atoms with van der Waals surface area (Å²) in [5, 5.41) is 0.330. The van der Waals surface area contributed by atoms with Crippen LogP contribution in [0.3, 0.4) is 0 Å². The molecule has 1 aromatic heterocycles. The Morgan fingerprint density at radius 2 is 2.00 bits per heavy atom. The molecule has 1 aliphatic heterocycles. The summed E-state index contributed by atoms with van der Waals surface area (Å²) in [6.45, 7) is 0.562. The zero-order valence-corrected chi connectivity index (χ0v) is 15.7. The van der Waals surface area contributed by atoms with Gasteiger partial charge in [0.05, 0.1) is 9.86 Å². The molecule has 0 radical (unpaired) electrons. The van der Waals surface area contributed by atoms with Crippen LogP contribution in [0.25, 0.3) is 11.0 Å². The molecule has 0 spiro atoms. The van der Waals surface area contributed by atoms with Crippen molar-refractivity contribution in [3.63, 3.8) is 0 Å². The SMILES string of the molecule is O=C(Oc1ccc2c(=O)c(Oc3ccccc3Br)coc2c1)C1CCCO1. The number of rotatable bonds is 4. The standard InChI is InChI=1S/C20H15BrO6/c21-14-4-1-2-5-15(14)27-18-11-25-17-10-12(7-8-13(17)19(18)22)26-20(23)16-6-3-9-24-16/h1-2,4-5,7-8,10-11,16H,3,6,9H2. The molecule has 1 unspecified atom stereocenters. The van der Waals surface area contributed by atoms with Crippen molar-refractivity contribution in [2.75, 3.05) is 6.61 Å². The molecule has 0 bridgehead atoms. The topological polar surface area (TPSA) is 75.0 Å². The Morgan fingerprint density at radius 3 is 2.78 bits per heavy atom. The van der Waals surface area contributed by atoms with Gasteiger partial charge in [0.1, 0.15) is 23.3 Å². The van der Waals surface area contributed by atoms with Crippen LogP contribution in [0.5, 0.6) is 17.2 Å². The molecule has 0 aliphatic carbocycles. The largest absolute Gasteiger partial charge is 0.460 e. The Labute approximate surface area is 162 Å². The van der Waals surface area contributed by atoms with E-state index in [2.05, 4.69) is 15.9 Å². The van der Waals surface area contributed by atoms with Crippen LogP contribution in [0.4, 0.5) is 0 Å². The van der Waals surface area contributed by atoms with E-state index in [-0.39, 0.29) is 11.2 Å². The molecular weight excluding hydrogens is 416 g/mol. The van der Waals surface area contributed by atoms with E-state index >= 15 is 0 Å². The second kappa shape index (κ2) is 7.54. The Morgan fingerprint density at radius 1 is 1.15 bits per heavy atom. The summed E-state index contributed by atoms with van der Waals surface area (Å²) in [5.74, 6) is 0.429. The van der Waals surface area contributed by atoms with Gasteiger partial charge in [-0.1, -0.05) is 12.1 Å². The van der Waals surface area contributed by atoms with Crippen molar-refractivity contribution in [3.8, 4) is 17.2 Å². The van der Waals surface area contributed by atoms with E-state index in [1.807, 2.05) is 12.1 Å². The van der Waals surface area contributed by atoms with E-state index in [0.717, 1.165) is 10.9 Å². The molecule has 3 aromatic rings. The molecular formula is C20H15BrO6. The van der Waals surface area contributed by atoms with Gasteiger partial charge >= 0.3 is 5.97 Å². The van der Waals surface area contributed by atoms with E-state index in [0.29, 0.717) is 35.5 Å². The molecule has 0 saturated carbocycles. The minimum atomic E-state index is -0.534. The van der Waals surface area contributed by atoms with E-state index < -0.39 is 12.1 Å². The number of hydrogen-bond acceptors (Lipinski definition) is 6. The van der Waals surface area contributed by atoms with E-state index in [1.165, 1.54) is 12.3 Å². The highest BCUT2D eigenvalue weighted by Gasteiger charge is 2.25. The number of ether oxygens (including phenoxy) is 3. The monoisotopic (exact) mass is 430 g/mol. The summed E-state index contributed by atoms with van der Waals surface area (Å²) in [4.78, 5) is 24.7. The van der Waals surface area contributed by atoms with Crippen LogP contribution < -0.4 is 14.9 Å². The summed E-state index contributed by atoms with van der Waals surface area (Å²) in [7, 11) is 0. The molecule has 1 fully saturated rings. The minimum Gasteiger partial charge on any atom is -0.460 e. The van der Waals surface area contributed by atoms with Gasteiger partial charge in [0, 0.05) is 12.7 Å². The van der Waals surface area contributed by atoms with Gasteiger partial charge in [-0.3, -0.25) is 4.79 Å². The van der Waals surface area contributed by atoms with Crippen molar-refractivity contribution in [1.82, 2.24) is 0 Å². The third-order valence-corrected chi connectivity index (χ3v) is 4.84. The maximum atomic E-state index is 12.7. The molecule has 7 heteroatoms. The molecule has 2 aromatic carbocycles. The summed E-state index contributed by atoms with van der Waals surface area (Å²) in [5.41, 5.74) is -0.0128. The van der Waals surface area contributed by atoms with Crippen molar-refractivity contribution >= 4 is 32.9 Å². The van der Waals surface area contributed by atoms with Crippen molar-refractivity contribution < 1.29 is 23.4 Å². The van der Waals surface area contributed by atoms with Crippen molar-refractivity contribution in [1.29, 1.82) is 0 Å². The van der Waals surface area contributed by atoms with Gasteiger partial charge in [-0.15, -0.1) is 0 Å². The molecule has 0 N–H and O–H groups in total. The second-order valence-electron chi connectivity index (χ2n) is 6.04. The van der Waals surface area contributed by atoms with Crippen LogP contribution in [0.1, 0.15) is 12.8 Å². The molecule has 1 atom stereocenters. The molecule has 0 amide bonds. The van der Waals surface area contributed by atoms with Gasteiger partial charge < -0.3 is 18.6 Å². The number of fused-ring (bicyclic) bond motifs is 1. The number of para-hydroxylation sites is 1. The first-order valence-electron chi connectivity index (χ1n) is 8.43. The molecule has 138 valence electrons. The molecule has 4 rings (SSSR count). The molecule has 27 heavy (non-hydrogen) atoms. The quantitative estimate of drug-likeness (QED) is 0.450. The third-order valence-electron chi connectivity index (χ3n) is 4.18. The van der Waals surface area contributed by atoms with Crippen LogP contribution in [-0.4, -0.2) is 18.7 Å². The maximum absolute atomic E-state index is 12.7. The van der Waals surface area contributed by atoms with Gasteiger partial charge in [0.2, 0.25) is 11.2 Å². The minimum absolute atomic E-state index is 0.0681. The lowest BCUT2D eigenvalue weighted by atomic mass is 10.2. The first-order chi connectivity index (χ1) is 13.1. The van der Waals surface area contributed by atoms with Crippen LogP contribution in [0, 0.1) is 0 Å². The number of esters is 1. The zero-order valence-electron chi connectivity index (χ0n) is 14.1. The lowest BCUT2D eigenvalue weighted by Gasteiger charge is -2.10. The number of halogens is 1. The zero-order chi connectivity index (χ0) is 18.8. The smallest absolute Gasteiger partial charge is 0.340 e. The summed E-state index contributed by atoms with van der Waals surface area (Å²) < 4.78 is 22.5. The van der Waals surface area contributed by atoms with Crippen LogP contribution >= 0.6 is 15.9 Å². The lowest BCUT2D eigenvalue weighted by Crippen LogP contribution is -2.24. The van der Waals surface area contributed by atoms with Crippen LogP contribution in [0.2, 0.25) is 0 Å². The highest BCUT2D eigenvalue weighted by molar-refractivity contribution is 9.10. The van der Waals surface area contributed by atoms with Gasteiger partial charge in [0.15, 0.2) is 6.10 Å². The van der Waals surface area contributed by atoms with Crippen molar-refractivity contribution in [2.45, 2.75) is 18.9 Å². The third kappa shape index (κ3) is 3.74. The van der Waals surface area contributed by atoms with Gasteiger partial charge in [-0.25, -0.2) is 4.79 Å². The van der Waals surface area contributed by atoms with E-state index in [1.54, 1.807) is 24.3 Å². The fourth-order valence-electron chi connectivity index (χ4n) is 2.82. The van der Waals surface area contributed by atoms with Gasteiger partial charge in [-0.2, -0.15) is 0 Å². The fraction of sp³-hybridized carbons (Fsp3) is 0.200. The Balaban J connectivity index is 1.59. The molecule has 1 saturated heterocycles. The molecule has 2 heterocycles. The number of hydrogen-bond donors (Lipinski definition) is 0. The highest BCUT2D eigenvalue weighted by atomic mass is 79.9. The van der Waals surface area contributed by atoms with E-state index in [4.69, 9.17) is 18.6 Å². The fourth-order valence-corrected chi connectivity index (χ4v) is 3.18.